The fourth-order valence-corrected chi connectivity index (χ4v) is 3.20. The number of benzene rings is 2. The second-order valence-corrected chi connectivity index (χ2v) is 5.98. The monoisotopic (exact) mass is 383 g/mol. The van der Waals surface area contributed by atoms with Crippen molar-refractivity contribution in [2.75, 3.05) is 5.32 Å². The number of hydrogen-bond donors (Lipinski definition) is 2. The summed E-state index contributed by atoms with van der Waals surface area (Å²) in [7, 11) is 0. The third kappa shape index (κ3) is 3.51. The molecule has 0 heterocycles. The summed E-state index contributed by atoms with van der Waals surface area (Å²) in [6, 6.07) is 12.1. The van der Waals surface area contributed by atoms with Crippen molar-refractivity contribution in [2.45, 2.75) is 19.9 Å². The average Bonchev–Trinajstić information content (AvgIpc) is 2.42. The summed E-state index contributed by atoms with van der Waals surface area (Å²) in [5.41, 5.74) is 3.56. The van der Waals surface area contributed by atoms with Gasteiger partial charge in [-0.1, -0.05) is 25.1 Å². The molecule has 0 aliphatic heterocycles. The summed E-state index contributed by atoms with van der Waals surface area (Å²) >= 11 is 6.69. The number of nitrogens with one attached hydrogen (secondary N) is 1. The van der Waals surface area contributed by atoms with Crippen LogP contribution in [0.3, 0.4) is 0 Å². The zero-order valence-corrected chi connectivity index (χ0v) is 13.8. The molecule has 2 N–H and O–H groups in total. The summed E-state index contributed by atoms with van der Waals surface area (Å²) in [6.45, 7) is 2.86. The van der Waals surface area contributed by atoms with Gasteiger partial charge in [0.15, 0.2) is 0 Å². The van der Waals surface area contributed by atoms with Crippen LogP contribution in [0.1, 0.15) is 18.1 Å². The van der Waals surface area contributed by atoms with E-state index in [-0.39, 0.29) is 5.75 Å². The second kappa shape index (κ2) is 6.44. The van der Waals surface area contributed by atoms with Crippen molar-refractivity contribution in [3.05, 3.63) is 56.5 Å². The molecule has 2 rings (SSSR count). The molecule has 2 aromatic rings. The van der Waals surface area contributed by atoms with Gasteiger partial charge in [0.2, 0.25) is 0 Å². The number of hydrogen-bond acceptors (Lipinski definition) is 2. The summed E-state index contributed by atoms with van der Waals surface area (Å²) in [5.74, 6) is 0.234. The molecular formula is C15H15Br2NO. The molecule has 0 bridgehead atoms. The van der Waals surface area contributed by atoms with Crippen molar-refractivity contribution in [3.8, 4) is 5.75 Å². The van der Waals surface area contributed by atoms with Crippen molar-refractivity contribution >= 4 is 37.5 Å². The lowest BCUT2D eigenvalue weighted by molar-refractivity contribution is 0.468. The van der Waals surface area contributed by atoms with Gasteiger partial charge in [-0.05, 0) is 67.6 Å². The number of aromatic hydroxyl groups is 1. The van der Waals surface area contributed by atoms with E-state index in [4.69, 9.17) is 0 Å². The van der Waals surface area contributed by atoms with E-state index in [0.717, 1.165) is 17.7 Å². The molecule has 4 heteroatoms. The molecule has 0 fully saturated rings. The zero-order chi connectivity index (χ0) is 13.8. The first-order valence-corrected chi connectivity index (χ1v) is 7.69. The Morgan fingerprint density at radius 2 is 1.74 bits per heavy atom. The first-order chi connectivity index (χ1) is 9.11. The molecule has 0 unspecified atom stereocenters. The van der Waals surface area contributed by atoms with Gasteiger partial charge in [0.1, 0.15) is 5.75 Å². The van der Waals surface area contributed by atoms with Crippen LogP contribution in [-0.4, -0.2) is 5.11 Å². The number of para-hydroxylation sites is 1. The summed E-state index contributed by atoms with van der Waals surface area (Å²) in [4.78, 5) is 0. The predicted octanol–water partition coefficient (Wildman–Crippen LogP) is 5.09. The van der Waals surface area contributed by atoms with E-state index in [1.165, 1.54) is 5.56 Å². The zero-order valence-electron chi connectivity index (χ0n) is 10.6. The van der Waals surface area contributed by atoms with Crippen molar-refractivity contribution in [2.24, 2.45) is 0 Å². The second-order valence-electron chi connectivity index (χ2n) is 4.27. The van der Waals surface area contributed by atoms with Crippen molar-refractivity contribution in [1.29, 1.82) is 0 Å². The highest BCUT2D eigenvalue weighted by atomic mass is 79.9. The number of halogens is 2. The van der Waals surface area contributed by atoms with Crippen molar-refractivity contribution in [1.82, 2.24) is 0 Å². The van der Waals surface area contributed by atoms with Crippen LogP contribution in [0, 0.1) is 0 Å². The minimum Gasteiger partial charge on any atom is -0.506 e. The van der Waals surface area contributed by atoms with Crippen LogP contribution in [-0.2, 0) is 13.0 Å². The van der Waals surface area contributed by atoms with Gasteiger partial charge in [0.25, 0.3) is 0 Å². The lowest BCUT2D eigenvalue weighted by atomic mass is 10.1. The Morgan fingerprint density at radius 3 is 2.37 bits per heavy atom. The molecule has 19 heavy (non-hydrogen) atoms. The SMILES string of the molecule is CCc1ccccc1NCc1cc(Br)c(O)c(Br)c1. The molecule has 2 aromatic carbocycles. The first-order valence-electron chi connectivity index (χ1n) is 6.10. The van der Waals surface area contributed by atoms with Crippen LogP contribution >= 0.6 is 31.9 Å². The Hall–Kier alpha value is -1.000. The van der Waals surface area contributed by atoms with E-state index < -0.39 is 0 Å². The smallest absolute Gasteiger partial charge is 0.143 e. The highest BCUT2D eigenvalue weighted by Crippen LogP contribution is 2.33. The molecular weight excluding hydrogens is 370 g/mol. The molecule has 2 nitrogen and oxygen atoms in total. The summed E-state index contributed by atoms with van der Waals surface area (Å²) in [6.07, 6.45) is 1.01. The van der Waals surface area contributed by atoms with Crippen LogP contribution in [0.25, 0.3) is 0 Å². The Morgan fingerprint density at radius 1 is 1.11 bits per heavy atom. The fraction of sp³-hybridized carbons (Fsp3) is 0.200. The summed E-state index contributed by atoms with van der Waals surface area (Å²) < 4.78 is 1.39. The largest absolute Gasteiger partial charge is 0.506 e. The number of aryl methyl sites for hydroxylation is 1. The van der Waals surface area contributed by atoms with Crippen LogP contribution in [0.4, 0.5) is 5.69 Å². The molecule has 0 amide bonds. The van der Waals surface area contributed by atoms with E-state index in [0.29, 0.717) is 15.5 Å². The Balaban J connectivity index is 2.15. The van der Waals surface area contributed by atoms with Gasteiger partial charge in [-0.2, -0.15) is 0 Å². The molecule has 0 spiro atoms. The molecule has 0 saturated carbocycles. The molecule has 0 saturated heterocycles. The van der Waals surface area contributed by atoms with E-state index in [9.17, 15) is 5.11 Å². The number of phenols is 1. The Bertz CT molecular complexity index is 561. The van der Waals surface area contributed by atoms with Gasteiger partial charge >= 0.3 is 0 Å². The molecule has 0 radical (unpaired) electrons. The summed E-state index contributed by atoms with van der Waals surface area (Å²) in [5, 5.41) is 13.1. The van der Waals surface area contributed by atoms with Gasteiger partial charge in [-0.15, -0.1) is 0 Å². The van der Waals surface area contributed by atoms with Gasteiger partial charge in [0, 0.05) is 12.2 Å². The maximum atomic E-state index is 9.68. The van der Waals surface area contributed by atoms with Gasteiger partial charge in [0.05, 0.1) is 8.95 Å². The molecule has 0 aromatic heterocycles. The Labute approximate surface area is 130 Å². The molecule has 0 aliphatic rings. The molecule has 100 valence electrons. The average molecular weight is 385 g/mol. The topological polar surface area (TPSA) is 32.3 Å². The lowest BCUT2D eigenvalue weighted by Crippen LogP contribution is -2.02. The van der Waals surface area contributed by atoms with Gasteiger partial charge in [-0.25, -0.2) is 0 Å². The first kappa shape index (κ1) is 14.4. The highest BCUT2D eigenvalue weighted by molar-refractivity contribution is 9.11. The van der Waals surface area contributed by atoms with E-state index in [1.807, 2.05) is 18.2 Å². The fourth-order valence-electron chi connectivity index (χ4n) is 1.92. The van der Waals surface area contributed by atoms with Crippen LogP contribution < -0.4 is 5.32 Å². The lowest BCUT2D eigenvalue weighted by Gasteiger charge is -2.12. The quantitative estimate of drug-likeness (QED) is 0.769. The van der Waals surface area contributed by atoms with Crippen LogP contribution in [0.5, 0.6) is 5.75 Å². The minimum absolute atomic E-state index is 0.234. The minimum atomic E-state index is 0.234. The number of rotatable bonds is 4. The Kier molecular flexibility index (Phi) is 4.88. The van der Waals surface area contributed by atoms with Crippen LogP contribution in [0.15, 0.2) is 45.3 Å². The molecule has 0 aliphatic carbocycles. The van der Waals surface area contributed by atoms with E-state index in [2.05, 4.69) is 62.3 Å². The van der Waals surface area contributed by atoms with Gasteiger partial charge < -0.3 is 10.4 Å². The van der Waals surface area contributed by atoms with E-state index >= 15 is 0 Å². The van der Waals surface area contributed by atoms with Crippen molar-refractivity contribution in [3.63, 3.8) is 0 Å². The third-order valence-electron chi connectivity index (χ3n) is 2.96. The van der Waals surface area contributed by atoms with Crippen molar-refractivity contribution < 1.29 is 5.11 Å². The normalized spacial score (nSPS) is 10.5. The molecule has 0 atom stereocenters. The highest BCUT2D eigenvalue weighted by Gasteiger charge is 2.06. The predicted molar refractivity (Wildman–Crippen MR) is 86.7 cm³/mol. The maximum Gasteiger partial charge on any atom is 0.143 e. The third-order valence-corrected chi connectivity index (χ3v) is 4.17. The van der Waals surface area contributed by atoms with E-state index in [1.54, 1.807) is 0 Å². The number of phenolic OH excluding ortho intramolecular Hbond substituents is 1. The standard InChI is InChI=1S/C15H15Br2NO/c1-2-11-5-3-4-6-14(11)18-9-10-7-12(16)15(19)13(17)8-10/h3-8,18-19H,2,9H2,1H3. The van der Waals surface area contributed by atoms with Gasteiger partial charge in [-0.3, -0.25) is 0 Å². The van der Waals surface area contributed by atoms with Crippen LogP contribution in [0.2, 0.25) is 0 Å². The maximum absolute atomic E-state index is 9.68. The number of anilines is 1.